The summed E-state index contributed by atoms with van der Waals surface area (Å²) in [4.78, 5) is 10.4. The van der Waals surface area contributed by atoms with E-state index in [4.69, 9.17) is 5.11 Å². The van der Waals surface area contributed by atoms with Crippen molar-refractivity contribution in [2.75, 3.05) is 0 Å². The molecule has 0 spiro atoms. The third kappa shape index (κ3) is 3.32. The molecule has 0 bridgehead atoms. The van der Waals surface area contributed by atoms with Gasteiger partial charge in [-0.25, -0.2) is 0 Å². The van der Waals surface area contributed by atoms with E-state index in [1.165, 1.54) is 0 Å². The number of carbonyl (C=O) groups is 1. The maximum Gasteiger partial charge on any atom is 0.303 e. The molecule has 1 N–H and O–H groups in total. The monoisotopic (exact) mass is 225 g/mol. The minimum atomic E-state index is -0.753. The van der Waals surface area contributed by atoms with Crippen molar-refractivity contribution in [2.45, 2.75) is 52.0 Å². The van der Waals surface area contributed by atoms with Gasteiger partial charge in [-0.15, -0.1) is 10.2 Å². The van der Waals surface area contributed by atoms with Gasteiger partial charge in [0.25, 0.3) is 0 Å². The molecule has 5 heteroatoms. The van der Waals surface area contributed by atoms with E-state index in [9.17, 15) is 4.79 Å². The topological polar surface area (TPSA) is 68.0 Å². The van der Waals surface area contributed by atoms with Gasteiger partial charge in [0.2, 0.25) is 0 Å². The molecule has 0 aromatic carbocycles. The highest BCUT2D eigenvalue weighted by molar-refractivity contribution is 5.66. The Morgan fingerprint density at radius 1 is 1.50 bits per heavy atom. The summed E-state index contributed by atoms with van der Waals surface area (Å²) in [5.74, 6) is 0.653. The molecule has 0 radical (unpaired) electrons. The van der Waals surface area contributed by atoms with Gasteiger partial charge in [0.05, 0.1) is 0 Å². The first kappa shape index (κ1) is 12.7. The van der Waals surface area contributed by atoms with Gasteiger partial charge in [-0.05, 0) is 19.3 Å². The van der Waals surface area contributed by atoms with Crippen LogP contribution in [0.25, 0.3) is 0 Å². The fourth-order valence-corrected chi connectivity index (χ4v) is 1.81. The van der Waals surface area contributed by atoms with E-state index in [-0.39, 0.29) is 6.42 Å². The van der Waals surface area contributed by atoms with E-state index in [1.54, 1.807) is 6.33 Å². The first-order valence-electron chi connectivity index (χ1n) is 5.78. The molecule has 5 nitrogen and oxygen atoms in total. The third-order valence-corrected chi connectivity index (χ3v) is 2.79. The highest BCUT2D eigenvalue weighted by atomic mass is 16.4. The second kappa shape index (κ2) is 6.25. The Hall–Kier alpha value is -1.39. The van der Waals surface area contributed by atoms with Gasteiger partial charge in [0.15, 0.2) is 0 Å². The lowest BCUT2D eigenvalue weighted by Gasteiger charge is -2.13. The first-order chi connectivity index (χ1) is 7.69. The van der Waals surface area contributed by atoms with Gasteiger partial charge >= 0.3 is 5.97 Å². The summed E-state index contributed by atoms with van der Waals surface area (Å²) in [7, 11) is 0. The second-order valence-electron chi connectivity index (χ2n) is 3.89. The molecule has 1 heterocycles. The Kier molecular flexibility index (Phi) is 4.95. The molecule has 90 valence electrons. The Balaban J connectivity index is 2.59. The average molecular weight is 225 g/mol. The Morgan fingerprint density at radius 3 is 2.75 bits per heavy atom. The number of hydrogen-bond acceptors (Lipinski definition) is 3. The quantitative estimate of drug-likeness (QED) is 0.771. The lowest BCUT2D eigenvalue weighted by Crippen LogP contribution is -2.09. The van der Waals surface area contributed by atoms with Gasteiger partial charge in [-0.2, -0.15) is 0 Å². The third-order valence-electron chi connectivity index (χ3n) is 2.79. The number of nitrogens with zero attached hydrogens (tertiary/aromatic N) is 3. The molecule has 0 unspecified atom stereocenters. The zero-order valence-corrected chi connectivity index (χ0v) is 9.89. The SMILES string of the molecule is CCC(CC)c1nncn1CCCC(=O)O. The summed E-state index contributed by atoms with van der Waals surface area (Å²) in [5, 5.41) is 16.6. The van der Waals surface area contributed by atoms with Crippen LogP contribution in [0.4, 0.5) is 0 Å². The van der Waals surface area contributed by atoms with E-state index in [0.717, 1.165) is 18.7 Å². The van der Waals surface area contributed by atoms with Crippen molar-refractivity contribution in [3.05, 3.63) is 12.2 Å². The van der Waals surface area contributed by atoms with E-state index in [0.29, 0.717) is 18.9 Å². The summed E-state index contributed by atoms with van der Waals surface area (Å²) in [6.45, 7) is 4.94. The lowest BCUT2D eigenvalue weighted by atomic mass is 10.0. The highest BCUT2D eigenvalue weighted by Crippen LogP contribution is 2.20. The van der Waals surface area contributed by atoms with Crippen LogP contribution in [0.2, 0.25) is 0 Å². The summed E-state index contributed by atoms with van der Waals surface area (Å²) in [5.41, 5.74) is 0. The van der Waals surface area contributed by atoms with Crippen molar-refractivity contribution in [1.82, 2.24) is 14.8 Å². The van der Waals surface area contributed by atoms with Crippen LogP contribution in [0.3, 0.4) is 0 Å². The molecule has 0 fully saturated rings. The van der Waals surface area contributed by atoms with Gasteiger partial charge in [-0.3, -0.25) is 4.79 Å². The predicted molar refractivity (Wildman–Crippen MR) is 60.2 cm³/mol. The van der Waals surface area contributed by atoms with Crippen molar-refractivity contribution >= 4 is 5.97 Å². The zero-order valence-electron chi connectivity index (χ0n) is 9.89. The number of hydrogen-bond donors (Lipinski definition) is 1. The molecule has 0 saturated heterocycles. The number of aliphatic carboxylic acids is 1. The number of carboxylic acids is 1. The van der Waals surface area contributed by atoms with E-state index < -0.39 is 5.97 Å². The summed E-state index contributed by atoms with van der Waals surface area (Å²) in [6.07, 6.45) is 4.58. The number of carboxylic acid groups (broad SMARTS) is 1. The van der Waals surface area contributed by atoms with E-state index >= 15 is 0 Å². The van der Waals surface area contributed by atoms with Gasteiger partial charge in [-0.1, -0.05) is 13.8 Å². The molecule has 1 rings (SSSR count). The Labute approximate surface area is 95.5 Å². The standard InChI is InChI=1S/C11H19N3O2/c1-3-9(4-2)11-13-12-8-14(11)7-5-6-10(15)16/h8-9H,3-7H2,1-2H3,(H,15,16). The Bertz CT molecular complexity index is 332. The normalized spacial score (nSPS) is 10.9. The fourth-order valence-electron chi connectivity index (χ4n) is 1.81. The molecule has 1 aromatic rings. The van der Waals surface area contributed by atoms with Gasteiger partial charge in [0.1, 0.15) is 12.2 Å². The van der Waals surface area contributed by atoms with Crippen molar-refractivity contribution in [3.8, 4) is 0 Å². The first-order valence-corrected chi connectivity index (χ1v) is 5.78. The van der Waals surface area contributed by atoms with Gasteiger partial charge < -0.3 is 9.67 Å². The Morgan fingerprint density at radius 2 is 2.19 bits per heavy atom. The molecular weight excluding hydrogens is 206 g/mol. The van der Waals surface area contributed by atoms with Crippen LogP contribution in [0, 0.1) is 0 Å². The van der Waals surface area contributed by atoms with Crippen LogP contribution in [0.1, 0.15) is 51.3 Å². The molecule has 1 aromatic heterocycles. The second-order valence-corrected chi connectivity index (χ2v) is 3.89. The minimum Gasteiger partial charge on any atom is -0.481 e. The van der Waals surface area contributed by atoms with Crippen molar-refractivity contribution in [1.29, 1.82) is 0 Å². The summed E-state index contributed by atoms with van der Waals surface area (Å²) < 4.78 is 1.97. The maximum atomic E-state index is 10.4. The molecule has 0 saturated carbocycles. The van der Waals surface area contributed by atoms with Crippen molar-refractivity contribution in [3.63, 3.8) is 0 Å². The van der Waals surface area contributed by atoms with Crippen LogP contribution >= 0.6 is 0 Å². The van der Waals surface area contributed by atoms with Crippen LogP contribution in [0.15, 0.2) is 6.33 Å². The van der Waals surface area contributed by atoms with E-state index in [2.05, 4.69) is 24.0 Å². The summed E-state index contributed by atoms with van der Waals surface area (Å²) >= 11 is 0. The smallest absolute Gasteiger partial charge is 0.303 e. The fraction of sp³-hybridized carbons (Fsp3) is 0.727. The van der Waals surface area contributed by atoms with E-state index in [1.807, 2.05) is 4.57 Å². The average Bonchev–Trinajstić information content (AvgIpc) is 2.68. The number of aryl methyl sites for hydroxylation is 1. The van der Waals surface area contributed by atoms with Crippen LogP contribution in [0.5, 0.6) is 0 Å². The molecule has 0 aliphatic carbocycles. The summed E-state index contributed by atoms with van der Waals surface area (Å²) in [6, 6.07) is 0. The molecule has 16 heavy (non-hydrogen) atoms. The highest BCUT2D eigenvalue weighted by Gasteiger charge is 2.14. The lowest BCUT2D eigenvalue weighted by molar-refractivity contribution is -0.137. The van der Waals surface area contributed by atoms with Crippen LogP contribution in [-0.4, -0.2) is 25.8 Å². The largest absolute Gasteiger partial charge is 0.481 e. The molecule has 0 atom stereocenters. The molecular formula is C11H19N3O2. The predicted octanol–water partition coefficient (Wildman–Crippen LogP) is 2.05. The molecule has 0 aliphatic heterocycles. The number of rotatable bonds is 7. The maximum absolute atomic E-state index is 10.4. The van der Waals surface area contributed by atoms with Crippen molar-refractivity contribution < 1.29 is 9.90 Å². The molecule has 0 aliphatic rings. The zero-order chi connectivity index (χ0) is 12.0. The van der Waals surface area contributed by atoms with Crippen LogP contribution in [-0.2, 0) is 11.3 Å². The van der Waals surface area contributed by atoms with Crippen LogP contribution < -0.4 is 0 Å². The van der Waals surface area contributed by atoms with Crippen molar-refractivity contribution in [2.24, 2.45) is 0 Å². The minimum absolute atomic E-state index is 0.195. The number of aromatic nitrogens is 3. The van der Waals surface area contributed by atoms with Gasteiger partial charge in [0, 0.05) is 18.9 Å². The molecule has 0 amide bonds.